The second-order valence-corrected chi connectivity index (χ2v) is 6.57. The Morgan fingerprint density at radius 1 is 1.40 bits per heavy atom. The Kier molecular flexibility index (Phi) is 4.21. The number of piperidine rings is 1. The molecule has 1 unspecified atom stereocenters. The van der Waals surface area contributed by atoms with Crippen molar-refractivity contribution in [2.75, 3.05) is 24.5 Å². The number of fused-ring (bicyclic) bond motifs is 3. The summed E-state index contributed by atoms with van der Waals surface area (Å²) in [6.07, 6.45) is 8.25. The predicted octanol–water partition coefficient (Wildman–Crippen LogP) is 2.25. The van der Waals surface area contributed by atoms with Gasteiger partial charge in [0.1, 0.15) is 5.82 Å². The SMILES string of the molecule is CCCNC(=O)C1CCCN(c2[nH]ncc3cnc4nccc4c23)C1. The molecule has 25 heavy (non-hydrogen) atoms. The number of carbonyl (C=O) groups excluding carboxylic acids is 1. The summed E-state index contributed by atoms with van der Waals surface area (Å²) < 4.78 is 0. The number of amides is 1. The number of anilines is 1. The summed E-state index contributed by atoms with van der Waals surface area (Å²) in [5, 5.41) is 13.5. The number of carbonyl (C=O) groups is 1. The number of rotatable bonds is 4. The normalized spacial score (nSPS) is 18.0. The number of hydrogen-bond acceptors (Lipinski definition) is 5. The zero-order valence-corrected chi connectivity index (χ0v) is 14.3. The topological polar surface area (TPSA) is 86.8 Å². The highest BCUT2D eigenvalue weighted by atomic mass is 16.1. The third-order valence-electron chi connectivity index (χ3n) is 4.83. The fourth-order valence-corrected chi connectivity index (χ4v) is 3.57. The Balaban J connectivity index is 1.69. The smallest absolute Gasteiger partial charge is 0.224 e. The van der Waals surface area contributed by atoms with Gasteiger partial charge in [-0.15, -0.1) is 0 Å². The fraction of sp³-hybridized carbons (Fsp3) is 0.444. The molecule has 0 bridgehead atoms. The summed E-state index contributed by atoms with van der Waals surface area (Å²) in [5.74, 6) is 1.12. The second kappa shape index (κ2) is 6.66. The van der Waals surface area contributed by atoms with E-state index in [9.17, 15) is 4.79 Å². The molecule has 3 aromatic heterocycles. The summed E-state index contributed by atoms with van der Waals surface area (Å²) in [5.41, 5.74) is 0.739. The maximum atomic E-state index is 12.4. The van der Waals surface area contributed by atoms with Gasteiger partial charge in [-0.1, -0.05) is 6.92 Å². The van der Waals surface area contributed by atoms with Crippen molar-refractivity contribution in [1.29, 1.82) is 0 Å². The quantitative estimate of drug-likeness (QED) is 0.762. The van der Waals surface area contributed by atoms with E-state index in [0.717, 1.165) is 60.0 Å². The summed E-state index contributed by atoms with van der Waals surface area (Å²) in [7, 11) is 0. The molecule has 7 nitrogen and oxygen atoms in total. The first-order valence-electron chi connectivity index (χ1n) is 8.87. The molecule has 1 atom stereocenters. The molecular formula is C18H22N6O. The largest absolute Gasteiger partial charge is 0.356 e. The lowest BCUT2D eigenvalue weighted by molar-refractivity contribution is -0.125. The molecule has 1 aliphatic rings. The van der Waals surface area contributed by atoms with E-state index in [2.05, 4.69) is 37.3 Å². The summed E-state index contributed by atoms with van der Waals surface area (Å²) in [6, 6.07) is 1.98. The van der Waals surface area contributed by atoms with Crippen molar-refractivity contribution in [1.82, 2.24) is 25.5 Å². The molecule has 0 aromatic carbocycles. The van der Waals surface area contributed by atoms with Gasteiger partial charge < -0.3 is 10.2 Å². The van der Waals surface area contributed by atoms with Crippen molar-refractivity contribution in [2.45, 2.75) is 26.2 Å². The molecule has 4 heterocycles. The molecule has 4 rings (SSSR count). The van der Waals surface area contributed by atoms with Gasteiger partial charge in [-0.2, -0.15) is 5.10 Å². The third-order valence-corrected chi connectivity index (χ3v) is 4.83. The maximum Gasteiger partial charge on any atom is 0.224 e. The number of H-pyrrole nitrogens is 1. The highest BCUT2D eigenvalue weighted by Gasteiger charge is 2.27. The molecule has 7 heteroatoms. The van der Waals surface area contributed by atoms with Crippen molar-refractivity contribution in [3.05, 3.63) is 24.7 Å². The zero-order valence-electron chi connectivity index (χ0n) is 14.3. The Morgan fingerprint density at radius 2 is 2.32 bits per heavy atom. The lowest BCUT2D eigenvalue weighted by Gasteiger charge is -2.33. The fourth-order valence-electron chi connectivity index (χ4n) is 3.57. The number of hydrogen-bond donors (Lipinski definition) is 2. The summed E-state index contributed by atoms with van der Waals surface area (Å²) >= 11 is 0. The van der Waals surface area contributed by atoms with E-state index in [1.807, 2.05) is 12.3 Å². The number of aromatic nitrogens is 4. The first kappa shape index (κ1) is 15.8. The molecule has 0 saturated carbocycles. The van der Waals surface area contributed by atoms with Gasteiger partial charge in [-0.3, -0.25) is 9.89 Å². The van der Waals surface area contributed by atoms with Crippen molar-refractivity contribution in [3.63, 3.8) is 0 Å². The van der Waals surface area contributed by atoms with Gasteiger partial charge in [0.25, 0.3) is 0 Å². The highest BCUT2D eigenvalue weighted by molar-refractivity contribution is 6.10. The van der Waals surface area contributed by atoms with Crippen LogP contribution in [0.5, 0.6) is 0 Å². The van der Waals surface area contributed by atoms with E-state index in [-0.39, 0.29) is 11.8 Å². The van der Waals surface area contributed by atoms with Gasteiger partial charge in [0.15, 0.2) is 5.65 Å². The summed E-state index contributed by atoms with van der Waals surface area (Å²) in [6.45, 7) is 4.41. The van der Waals surface area contributed by atoms with E-state index >= 15 is 0 Å². The van der Waals surface area contributed by atoms with Crippen LogP contribution in [0.2, 0.25) is 0 Å². The molecule has 130 valence electrons. The molecule has 0 radical (unpaired) electrons. The third kappa shape index (κ3) is 2.90. The Morgan fingerprint density at radius 3 is 3.20 bits per heavy atom. The lowest BCUT2D eigenvalue weighted by Crippen LogP contribution is -2.43. The molecule has 0 spiro atoms. The average molecular weight is 338 g/mol. The Labute approximate surface area is 145 Å². The molecule has 3 aromatic rings. The minimum atomic E-state index is 0.0130. The molecule has 0 aliphatic carbocycles. The Hall–Kier alpha value is -2.70. The number of nitrogens with one attached hydrogen (secondary N) is 2. The van der Waals surface area contributed by atoms with Crippen molar-refractivity contribution >= 4 is 33.5 Å². The lowest BCUT2D eigenvalue weighted by atomic mass is 9.96. The van der Waals surface area contributed by atoms with E-state index in [1.165, 1.54) is 0 Å². The van der Waals surface area contributed by atoms with Crippen LogP contribution in [0, 0.1) is 5.92 Å². The molecular weight excluding hydrogens is 316 g/mol. The van der Waals surface area contributed by atoms with E-state index in [1.54, 1.807) is 12.4 Å². The van der Waals surface area contributed by atoms with Crippen LogP contribution in [-0.4, -0.2) is 45.7 Å². The van der Waals surface area contributed by atoms with Crippen molar-refractivity contribution in [2.24, 2.45) is 5.92 Å². The molecule has 1 saturated heterocycles. The first-order chi connectivity index (χ1) is 12.3. The molecule has 1 aliphatic heterocycles. The van der Waals surface area contributed by atoms with E-state index in [0.29, 0.717) is 6.54 Å². The van der Waals surface area contributed by atoms with Crippen molar-refractivity contribution < 1.29 is 4.79 Å². The molecule has 1 amide bonds. The Bertz CT molecular complexity index is 905. The van der Waals surface area contributed by atoms with E-state index < -0.39 is 0 Å². The first-order valence-corrected chi connectivity index (χ1v) is 8.87. The zero-order chi connectivity index (χ0) is 17.2. The van der Waals surface area contributed by atoms with Crippen LogP contribution in [-0.2, 0) is 4.79 Å². The molecule has 1 fully saturated rings. The monoisotopic (exact) mass is 338 g/mol. The van der Waals surface area contributed by atoms with Gasteiger partial charge >= 0.3 is 0 Å². The minimum Gasteiger partial charge on any atom is -0.356 e. The van der Waals surface area contributed by atoms with Gasteiger partial charge in [0.2, 0.25) is 5.91 Å². The molecule has 2 N–H and O–H groups in total. The van der Waals surface area contributed by atoms with Crippen LogP contribution in [0.3, 0.4) is 0 Å². The van der Waals surface area contributed by atoms with Crippen LogP contribution < -0.4 is 10.2 Å². The number of pyridine rings is 1. The van der Waals surface area contributed by atoms with E-state index in [4.69, 9.17) is 0 Å². The predicted molar refractivity (Wildman–Crippen MR) is 97.4 cm³/mol. The van der Waals surface area contributed by atoms with Crippen LogP contribution >= 0.6 is 0 Å². The van der Waals surface area contributed by atoms with Gasteiger partial charge in [0, 0.05) is 48.2 Å². The van der Waals surface area contributed by atoms with Gasteiger partial charge in [0.05, 0.1) is 12.1 Å². The van der Waals surface area contributed by atoms with Gasteiger partial charge in [-0.05, 0) is 25.3 Å². The highest BCUT2D eigenvalue weighted by Crippen LogP contribution is 2.32. The van der Waals surface area contributed by atoms with Gasteiger partial charge in [-0.25, -0.2) is 9.97 Å². The maximum absolute atomic E-state index is 12.4. The van der Waals surface area contributed by atoms with Crippen LogP contribution in [0.15, 0.2) is 24.7 Å². The average Bonchev–Trinajstić information content (AvgIpc) is 3.14. The second-order valence-electron chi connectivity index (χ2n) is 6.57. The van der Waals surface area contributed by atoms with Crippen LogP contribution in [0.25, 0.3) is 21.8 Å². The number of nitrogens with zero attached hydrogens (tertiary/aromatic N) is 4. The van der Waals surface area contributed by atoms with Crippen LogP contribution in [0.4, 0.5) is 5.82 Å². The number of aromatic amines is 1. The van der Waals surface area contributed by atoms with Crippen molar-refractivity contribution in [3.8, 4) is 0 Å². The minimum absolute atomic E-state index is 0.0130. The van der Waals surface area contributed by atoms with Crippen LogP contribution in [0.1, 0.15) is 26.2 Å². The standard InChI is InChI=1S/C18H22N6O/c1-2-6-20-18(25)12-4-3-8-24(11-12)17-15-13(10-22-23-17)9-21-16-14(15)5-7-19-16/h5,7,9-10,12,23H,2-4,6,8,11H2,1H3,(H,20,25). The summed E-state index contributed by atoms with van der Waals surface area (Å²) in [4.78, 5) is 23.3.